The van der Waals surface area contributed by atoms with Crippen LogP contribution in [0.2, 0.25) is 0 Å². The molecule has 0 saturated carbocycles. The van der Waals surface area contributed by atoms with Crippen LogP contribution in [0.15, 0.2) is 23.2 Å². The first-order valence-electron chi connectivity index (χ1n) is 7.44. The fourth-order valence-electron chi connectivity index (χ4n) is 3.53. The maximum Gasteiger partial charge on any atom is 0.169 e. The number of rotatable bonds is 3. The van der Waals surface area contributed by atoms with E-state index in [1.807, 2.05) is 18.2 Å². The highest BCUT2D eigenvalue weighted by Gasteiger charge is 2.36. The van der Waals surface area contributed by atoms with E-state index in [1.54, 1.807) is 21.3 Å². The normalized spacial score (nSPS) is 14.0. The molecule has 2 aromatic rings. The molecule has 0 radical (unpaired) electrons. The molecule has 0 spiro atoms. The lowest BCUT2D eigenvalue weighted by molar-refractivity contribution is 0.355. The molecule has 1 aliphatic carbocycles. The zero-order valence-electron chi connectivity index (χ0n) is 13.3. The third-order valence-corrected chi connectivity index (χ3v) is 4.51. The maximum absolute atomic E-state index is 10.7. The summed E-state index contributed by atoms with van der Waals surface area (Å²) in [5, 5.41) is 10.7. The van der Waals surface area contributed by atoms with Gasteiger partial charge < -0.3 is 19.3 Å². The van der Waals surface area contributed by atoms with Gasteiger partial charge in [0.1, 0.15) is 0 Å². The first-order valence-corrected chi connectivity index (χ1v) is 7.44. The van der Waals surface area contributed by atoms with Gasteiger partial charge in [-0.25, -0.2) is 0 Å². The van der Waals surface area contributed by atoms with Gasteiger partial charge in [-0.2, -0.15) is 0 Å². The van der Waals surface area contributed by atoms with Gasteiger partial charge in [-0.15, -0.1) is 0 Å². The first kappa shape index (κ1) is 13.9. The summed E-state index contributed by atoms with van der Waals surface area (Å²) in [6.45, 7) is 0.726. The second-order valence-electron chi connectivity index (χ2n) is 5.54. The van der Waals surface area contributed by atoms with E-state index < -0.39 is 0 Å². The van der Waals surface area contributed by atoms with Crippen molar-refractivity contribution in [2.75, 3.05) is 27.9 Å². The Labute approximate surface area is 134 Å². The van der Waals surface area contributed by atoms with Crippen LogP contribution in [0.4, 0.5) is 0 Å². The van der Waals surface area contributed by atoms with E-state index in [9.17, 15) is 5.11 Å². The van der Waals surface area contributed by atoms with Gasteiger partial charge in [0, 0.05) is 28.8 Å². The Bertz CT molecular complexity index is 855. The lowest BCUT2D eigenvalue weighted by atomic mass is 9.95. The number of benzene rings is 2. The van der Waals surface area contributed by atoms with Crippen LogP contribution in [0.5, 0.6) is 23.0 Å². The molecule has 1 N–H and O–H groups in total. The van der Waals surface area contributed by atoms with Crippen molar-refractivity contribution < 1.29 is 19.3 Å². The summed E-state index contributed by atoms with van der Waals surface area (Å²) in [6.07, 6.45) is 0.829. The van der Waals surface area contributed by atoms with Crippen molar-refractivity contribution in [3.8, 4) is 34.1 Å². The molecule has 4 rings (SSSR count). The van der Waals surface area contributed by atoms with Crippen molar-refractivity contribution in [2.24, 2.45) is 4.99 Å². The summed E-state index contributed by atoms with van der Waals surface area (Å²) in [4.78, 5) is 4.68. The molecule has 2 aliphatic rings. The fourth-order valence-corrected chi connectivity index (χ4v) is 3.53. The number of phenols is 1. The Balaban J connectivity index is 2.15. The number of methoxy groups -OCH3 is 3. The molecule has 23 heavy (non-hydrogen) atoms. The van der Waals surface area contributed by atoms with Gasteiger partial charge in [0.2, 0.25) is 0 Å². The van der Waals surface area contributed by atoms with Crippen LogP contribution in [0.25, 0.3) is 11.1 Å². The second-order valence-corrected chi connectivity index (χ2v) is 5.54. The van der Waals surface area contributed by atoms with Crippen molar-refractivity contribution >= 4 is 5.71 Å². The van der Waals surface area contributed by atoms with Crippen molar-refractivity contribution in [3.05, 3.63) is 34.9 Å². The molecule has 0 fully saturated rings. The van der Waals surface area contributed by atoms with Gasteiger partial charge in [-0.3, -0.25) is 4.99 Å². The van der Waals surface area contributed by atoms with Gasteiger partial charge in [0.15, 0.2) is 23.0 Å². The molecule has 0 saturated heterocycles. The highest BCUT2D eigenvalue weighted by Crippen LogP contribution is 2.54. The monoisotopic (exact) mass is 311 g/mol. The molecule has 0 aromatic heterocycles. The Morgan fingerprint density at radius 1 is 0.957 bits per heavy atom. The Morgan fingerprint density at radius 2 is 1.74 bits per heavy atom. The van der Waals surface area contributed by atoms with Crippen molar-refractivity contribution in [1.29, 1.82) is 0 Å². The molecule has 0 bridgehead atoms. The molecule has 5 heteroatoms. The molecular formula is C18H17NO4. The zero-order valence-corrected chi connectivity index (χ0v) is 13.3. The number of aliphatic imine (C=N–C) groups is 1. The lowest BCUT2D eigenvalue weighted by Gasteiger charge is -2.17. The number of hydrogen-bond acceptors (Lipinski definition) is 5. The average Bonchev–Trinajstić information content (AvgIpc) is 2.93. The first-order chi connectivity index (χ1) is 11.2. The summed E-state index contributed by atoms with van der Waals surface area (Å²) < 4.78 is 16.4. The Morgan fingerprint density at radius 3 is 2.43 bits per heavy atom. The predicted molar refractivity (Wildman–Crippen MR) is 87.4 cm³/mol. The maximum atomic E-state index is 10.7. The summed E-state index contributed by atoms with van der Waals surface area (Å²) >= 11 is 0. The van der Waals surface area contributed by atoms with Crippen molar-refractivity contribution in [1.82, 2.24) is 0 Å². The van der Waals surface area contributed by atoms with Crippen LogP contribution in [-0.2, 0) is 6.42 Å². The summed E-state index contributed by atoms with van der Waals surface area (Å²) in [7, 11) is 4.76. The molecule has 2 aromatic carbocycles. The van der Waals surface area contributed by atoms with Crippen LogP contribution < -0.4 is 14.2 Å². The van der Waals surface area contributed by atoms with Crippen molar-refractivity contribution in [3.63, 3.8) is 0 Å². The van der Waals surface area contributed by atoms with Crippen molar-refractivity contribution in [2.45, 2.75) is 6.42 Å². The average molecular weight is 311 g/mol. The largest absolute Gasteiger partial charge is 0.504 e. The van der Waals surface area contributed by atoms with E-state index in [0.29, 0.717) is 17.2 Å². The minimum absolute atomic E-state index is 0.117. The van der Waals surface area contributed by atoms with Crippen LogP contribution in [0.3, 0.4) is 0 Å². The molecular weight excluding hydrogens is 294 g/mol. The molecule has 118 valence electrons. The van der Waals surface area contributed by atoms with E-state index in [-0.39, 0.29) is 5.75 Å². The van der Waals surface area contributed by atoms with Crippen LogP contribution in [0.1, 0.15) is 16.7 Å². The number of aromatic hydroxyl groups is 1. The smallest absolute Gasteiger partial charge is 0.169 e. The molecule has 1 heterocycles. The molecule has 0 unspecified atom stereocenters. The van der Waals surface area contributed by atoms with E-state index in [0.717, 1.165) is 46.5 Å². The van der Waals surface area contributed by atoms with Crippen LogP contribution in [-0.4, -0.2) is 38.7 Å². The van der Waals surface area contributed by atoms with Gasteiger partial charge in [0.05, 0.1) is 27.0 Å². The Hall–Kier alpha value is -2.69. The van der Waals surface area contributed by atoms with E-state index in [4.69, 9.17) is 14.2 Å². The SMILES string of the molecule is COc1cc2c3c(c1O)-c1c(ccc(OC)c1OC)C3=NCC2. The highest BCUT2D eigenvalue weighted by atomic mass is 16.5. The molecule has 1 aliphatic heterocycles. The third kappa shape index (κ3) is 1.70. The second kappa shape index (κ2) is 4.91. The van der Waals surface area contributed by atoms with E-state index >= 15 is 0 Å². The fraction of sp³-hybridized carbons (Fsp3) is 0.278. The lowest BCUT2D eigenvalue weighted by Crippen LogP contribution is -2.11. The zero-order chi connectivity index (χ0) is 16.1. The number of hydrogen-bond donors (Lipinski definition) is 1. The Kier molecular flexibility index (Phi) is 2.98. The van der Waals surface area contributed by atoms with Gasteiger partial charge in [-0.05, 0) is 30.2 Å². The van der Waals surface area contributed by atoms with E-state index in [2.05, 4.69) is 4.99 Å². The molecule has 0 atom stereocenters. The van der Waals surface area contributed by atoms with Crippen LogP contribution in [0, 0.1) is 0 Å². The minimum Gasteiger partial charge on any atom is -0.504 e. The predicted octanol–water partition coefficient (Wildman–Crippen LogP) is 2.79. The quantitative estimate of drug-likeness (QED) is 0.808. The molecule has 5 nitrogen and oxygen atoms in total. The highest BCUT2D eigenvalue weighted by molar-refractivity contribution is 6.27. The minimum atomic E-state index is 0.117. The van der Waals surface area contributed by atoms with E-state index in [1.165, 1.54) is 0 Å². The number of nitrogens with zero attached hydrogens (tertiary/aromatic N) is 1. The number of fused-ring (bicyclic) bond motifs is 3. The van der Waals surface area contributed by atoms with Crippen LogP contribution >= 0.6 is 0 Å². The van der Waals surface area contributed by atoms with Gasteiger partial charge in [-0.1, -0.05) is 0 Å². The summed E-state index contributed by atoms with van der Waals surface area (Å²) in [5.41, 5.74) is 5.54. The number of phenolic OH excluding ortho intramolecular Hbond substituents is 1. The standard InChI is InChI=1S/C18H17NO4/c1-21-11-5-4-10-14(18(11)23-3)15-13-9(6-7-19-16(10)13)8-12(22-2)17(15)20/h4-5,8,20H,6-7H2,1-3H3. The topological polar surface area (TPSA) is 60.3 Å². The van der Waals surface area contributed by atoms with Gasteiger partial charge >= 0.3 is 0 Å². The third-order valence-electron chi connectivity index (χ3n) is 4.51. The molecule has 0 amide bonds. The summed E-state index contributed by atoms with van der Waals surface area (Å²) in [6, 6.07) is 5.74. The summed E-state index contributed by atoms with van der Waals surface area (Å²) in [5.74, 6) is 1.82. The van der Waals surface area contributed by atoms with Gasteiger partial charge in [0.25, 0.3) is 0 Å². The number of ether oxygens (including phenoxy) is 3.